The summed E-state index contributed by atoms with van der Waals surface area (Å²) in [5.74, 6) is 0.160. The third-order valence-electron chi connectivity index (χ3n) is 2.83. The quantitative estimate of drug-likeness (QED) is 0.875. The predicted molar refractivity (Wildman–Crippen MR) is 74.6 cm³/mol. The van der Waals surface area contributed by atoms with Crippen LogP contribution in [0.3, 0.4) is 0 Å². The Morgan fingerprint density at radius 2 is 1.95 bits per heavy atom. The van der Waals surface area contributed by atoms with Gasteiger partial charge in [0.2, 0.25) is 5.95 Å². The number of carbonyl (C=O) groups is 1. The van der Waals surface area contributed by atoms with Gasteiger partial charge in [-0.3, -0.25) is 4.79 Å². The van der Waals surface area contributed by atoms with Crippen molar-refractivity contribution in [1.82, 2.24) is 15.3 Å². The maximum Gasteiger partial charge on any atom is 0.251 e. The van der Waals surface area contributed by atoms with Crippen molar-refractivity contribution in [3.05, 3.63) is 41.6 Å². The maximum absolute atomic E-state index is 11.5. The largest absolute Gasteiger partial charge is 0.368 e. The number of aromatic nitrogens is 2. The SMILES string of the molecule is CCc1cc(-c2ccc(C(=O)NC)cc2)nc(N)n1. The summed E-state index contributed by atoms with van der Waals surface area (Å²) in [5.41, 5.74) is 8.89. The molecule has 2 rings (SSSR count). The average molecular weight is 256 g/mol. The van der Waals surface area contributed by atoms with E-state index in [0.717, 1.165) is 23.4 Å². The smallest absolute Gasteiger partial charge is 0.251 e. The Kier molecular flexibility index (Phi) is 3.75. The van der Waals surface area contributed by atoms with Crippen LogP contribution in [0.25, 0.3) is 11.3 Å². The number of carbonyl (C=O) groups excluding carboxylic acids is 1. The number of anilines is 1. The van der Waals surface area contributed by atoms with Crippen LogP contribution in [0.2, 0.25) is 0 Å². The lowest BCUT2D eigenvalue weighted by Gasteiger charge is -2.05. The number of hydrogen-bond donors (Lipinski definition) is 2. The molecule has 1 heterocycles. The minimum Gasteiger partial charge on any atom is -0.368 e. The lowest BCUT2D eigenvalue weighted by molar-refractivity contribution is 0.0963. The van der Waals surface area contributed by atoms with Gasteiger partial charge in [0.25, 0.3) is 5.91 Å². The summed E-state index contributed by atoms with van der Waals surface area (Å²) in [5, 5.41) is 2.58. The second-order valence-electron chi connectivity index (χ2n) is 4.11. The van der Waals surface area contributed by atoms with Gasteiger partial charge in [0, 0.05) is 23.9 Å². The first-order valence-electron chi connectivity index (χ1n) is 6.10. The predicted octanol–water partition coefficient (Wildman–Crippen LogP) is 1.65. The molecule has 1 aromatic carbocycles. The fraction of sp³-hybridized carbons (Fsp3) is 0.214. The van der Waals surface area contributed by atoms with E-state index in [2.05, 4.69) is 15.3 Å². The van der Waals surface area contributed by atoms with Crippen LogP contribution >= 0.6 is 0 Å². The highest BCUT2D eigenvalue weighted by atomic mass is 16.1. The van der Waals surface area contributed by atoms with Crippen LogP contribution in [0.5, 0.6) is 0 Å². The van der Waals surface area contributed by atoms with Gasteiger partial charge in [-0.2, -0.15) is 0 Å². The van der Waals surface area contributed by atoms with Gasteiger partial charge in [0.1, 0.15) is 0 Å². The molecule has 0 aliphatic rings. The van der Waals surface area contributed by atoms with E-state index < -0.39 is 0 Å². The van der Waals surface area contributed by atoms with Gasteiger partial charge in [-0.1, -0.05) is 19.1 Å². The molecular formula is C14H16N4O. The van der Waals surface area contributed by atoms with Crippen molar-refractivity contribution in [2.45, 2.75) is 13.3 Å². The molecule has 0 saturated carbocycles. The standard InChI is InChI=1S/C14H16N4O/c1-3-11-8-12(18-14(15)17-11)9-4-6-10(7-5-9)13(19)16-2/h4-8H,3H2,1-2H3,(H,16,19)(H2,15,17,18). The Labute approximate surface area is 111 Å². The third kappa shape index (κ3) is 2.88. The molecule has 0 atom stereocenters. The van der Waals surface area contributed by atoms with Crippen LogP contribution in [0.15, 0.2) is 30.3 Å². The van der Waals surface area contributed by atoms with E-state index in [1.54, 1.807) is 19.2 Å². The number of hydrogen-bond acceptors (Lipinski definition) is 4. The van der Waals surface area contributed by atoms with E-state index >= 15 is 0 Å². The number of nitrogens with zero attached hydrogens (tertiary/aromatic N) is 2. The van der Waals surface area contributed by atoms with Crippen molar-refractivity contribution >= 4 is 11.9 Å². The lowest BCUT2D eigenvalue weighted by atomic mass is 10.1. The first-order chi connectivity index (χ1) is 9.13. The molecule has 0 spiro atoms. The summed E-state index contributed by atoms with van der Waals surface area (Å²) in [4.78, 5) is 19.8. The first kappa shape index (κ1) is 13.0. The number of nitrogens with two attached hydrogens (primary N) is 1. The molecule has 2 aromatic rings. The minimum absolute atomic E-state index is 0.108. The molecule has 0 unspecified atom stereocenters. The van der Waals surface area contributed by atoms with Crippen LogP contribution in [0, 0.1) is 0 Å². The molecule has 1 amide bonds. The molecule has 3 N–H and O–H groups in total. The van der Waals surface area contributed by atoms with Crippen molar-refractivity contribution in [2.75, 3.05) is 12.8 Å². The molecule has 98 valence electrons. The van der Waals surface area contributed by atoms with Crippen molar-refractivity contribution in [2.24, 2.45) is 0 Å². The fourth-order valence-electron chi connectivity index (χ4n) is 1.78. The minimum atomic E-state index is -0.108. The number of aryl methyl sites for hydroxylation is 1. The molecule has 0 fully saturated rings. The first-order valence-corrected chi connectivity index (χ1v) is 6.10. The highest BCUT2D eigenvalue weighted by Crippen LogP contribution is 2.19. The Morgan fingerprint density at radius 3 is 2.53 bits per heavy atom. The summed E-state index contributed by atoms with van der Waals surface area (Å²) < 4.78 is 0. The summed E-state index contributed by atoms with van der Waals surface area (Å²) in [6.45, 7) is 2.01. The Balaban J connectivity index is 2.37. The number of benzene rings is 1. The third-order valence-corrected chi connectivity index (χ3v) is 2.83. The van der Waals surface area contributed by atoms with E-state index in [0.29, 0.717) is 5.56 Å². The molecule has 0 radical (unpaired) electrons. The lowest BCUT2D eigenvalue weighted by Crippen LogP contribution is -2.17. The van der Waals surface area contributed by atoms with Gasteiger partial charge < -0.3 is 11.1 Å². The second kappa shape index (κ2) is 5.48. The second-order valence-corrected chi connectivity index (χ2v) is 4.11. The van der Waals surface area contributed by atoms with Gasteiger partial charge in [-0.25, -0.2) is 9.97 Å². The Morgan fingerprint density at radius 1 is 1.26 bits per heavy atom. The summed E-state index contributed by atoms with van der Waals surface area (Å²) >= 11 is 0. The highest BCUT2D eigenvalue weighted by molar-refractivity contribution is 5.94. The van der Waals surface area contributed by atoms with Crippen molar-refractivity contribution in [3.8, 4) is 11.3 Å². The Bertz CT molecular complexity index is 593. The molecular weight excluding hydrogens is 240 g/mol. The van der Waals surface area contributed by atoms with Crippen molar-refractivity contribution < 1.29 is 4.79 Å². The molecule has 19 heavy (non-hydrogen) atoms. The number of rotatable bonds is 3. The van der Waals surface area contributed by atoms with Crippen LogP contribution in [0.1, 0.15) is 23.0 Å². The molecule has 0 saturated heterocycles. The molecule has 5 heteroatoms. The monoisotopic (exact) mass is 256 g/mol. The van der Waals surface area contributed by atoms with Crippen molar-refractivity contribution in [3.63, 3.8) is 0 Å². The number of nitrogens with one attached hydrogen (secondary N) is 1. The fourth-order valence-corrected chi connectivity index (χ4v) is 1.78. The number of amides is 1. The van der Waals surface area contributed by atoms with Crippen LogP contribution in [-0.2, 0) is 6.42 Å². The van der Waals surface area contributed by atoms with E-state index in [1.165, 1.54) is 0 Å². The summed E-state index contributed by atoms with van der Waals surface area (Å²) in [6.07, 6.45) is 0.802. The molecule has 0 aliphatic carbocycles. The molecule has 0 aliphatic heterocycles. The van der Waals surface area contributed by atoms with Crippen LogP contribution < -0.4 is 11.1 Å². The summed E-state index contributed by atoms with van der Waals surface area (Å²) in [6, 6.07) is 9.14. The zero-order valence-corrected chi connectivity index (χ0v) is 11.0. The number of nitrogen functional groups attached to an aromatic ring is 1. The van der Waals surface area contributed by atoms with Gasteiger partial charge >= 0.3 is 0 Å². The van der Waals surface area contributed by atoms with E-state index in [9.17, 15) is 4.79 Å². The van der Waals surface area contributed by atoms with Crippen molar-refractivity contribution in [1.29, 1.82) is 0 Å². The van der Waals surface area contributed by atoms with Gasteiger partial charge in [0.05, 0.1) is 5.69 Å². The molecule has 1 aromatic heterocycles. The van der Waals surface area contributed by atoms with E-state index in [1.807, 2.05) is 25.1 Å². The molecule has 0 bridgehead atoms. The van der Waals surface area contributed by atoms with Crippen LogP contribution in [0.4, 0.5) is 5.95 Å². The van der Waals surface area contributed by atoms with Gasteiger partial charge in [-0.15, -0.1) is 0 Å². The maximum atomic E-state index is 11.5. The summed E-state index contributed by atoms with van der Waals surface area (Å²) in [7, 11) is 1.61. The van der Waals surface area contributed by atoms with E-state index in [-0.39, 0.29) is 11.9 Å². The topological polar surface area (TPSA) is 80.9 Å². The zero-order valence-electron chi connectivity index (χ0n) is 11.0. The normalized spacial score (nSPS) is 10.2. The van der Waals surface area contributed by atoms with Gasteiger partial charge in [-0.05, 0) is 24.6 Å². The van der Waals surface area contributed by atoms with Gasteiger partial charge in [0.15, 0.2) is 0 Å². The zero-order chi connectivity index (χ0) is 13.8. The Hall–Kier alpha value is -2.43. The van der Waals surface area contributed by atoms with Crippen LogP contribution in [-0.4, -0.2) is 22.9 Å². The van der Waals surface area contributed by atoms with E-state index in [4.69, 9.17) is 5.73 Å². The highest BCUT2D eigenvalue weighted by Gasteiger charge is 2.06. The molecule has 5 nitrogen and oxygen atoms in total. The average Bonchev–Trinajstić information content (AvgIpc) is 2.46.